The van der Waals surface area contributed by atoms with Crippen LogP contribution in [0.2, 0.25) is 0 Å². The highest BCUT2D eigenvalue weighted by Crippen LogP contribution is 2.19. The van der Waals surface area contributed by atoms with Crippen molar-refractivity contribution in [1.29, 1.82) is 0 Å². The number of benzene rings is 1. The minimum atomic E-state index is -0.220. The fourth-order valence-electron chi connectivity index (χ4n) is 1.87. The van der Waals surface area contributed by atoms with Gasteiger partial charge in [0, 0.05) is 17.8 Å². The van der Waals surface area contributed by atoms with Crippen molar-refractivity contribution in [3.8, 4) is 0 Å². The predicted molar refractivity (Wildman–Crippen MR) is 66.1 cm³/mol. The third kappa shape index (κ3) is 3.11. The molecule has 2 rings (SSSR count). The Labute approximate surface area is 100 Å². The summed E-state index contributed by atoms with van der Waals surface area (Å²) >= 11 is 0. The Hall–Kier alpha value is -1.74. The van der Waals surface area contributed by atoms with Crippen LogP contribution in [0.1, 0.15) is 17.2 Å². The van der Waals surface area contributed by atoms with E-state index in [0.717, 1.165) is 17.7 Å². The van der Waals surface area contributed by atoms with Crippen LogP contribution >= 0.6 is 0 Å². The van der Waals surface area contributed by atoms with Crippen LogP contribution in [0.3, 0.4) is 0 Å². The van der Waals surface area contributed by atoms with Crippen LogP contribution in [0, 0.1) is 5.82 Å². The van der Waals surface area contributed by atoms with Gasteiger partial charge in [-0.2, -0.15) is 0 Å². The molecule has 0 radical (unpaired) electrons. The van der Waals surface area contributed by atoms with Gasteiger partial charge in [0.2, 0.25) is 0 Å². The molecule has 0 fully saturated rings. The maximum atomic E-state index is 13.1. The fraction of sp³-hybridized carbons (Fsp3) is 0.214. The molecule has 0 aliphatic heterocycles. The normalized spacial score (nSPS) is 12.4. The summed E-state index contributed by atoms with van der Waals surface area (Å²) in [5.74, 6) is -0.109. The van der Waals surface area contributed by atoms with Gasteiger partial charge in [0.05, 0.1) is 0 Å². The number of rotatable bonds is 4. The molecule has 1 aromatic carbocycles. The van der Waals surface area contributed by atoms with Crippen molar-refractivity contribution in [2.45, 2.75) is 12.3 Å². The van der Waals surface area contributed by atoms with E-state index < -0.39 is 0 Å². The summed E-state index contributed by atoms with van der Waals surface area (Å²) in [7, 11) is 0. The molecule has 1 atom stereocenters. The Bertz CT molecular complexity index is 471. The fourth-order valence-corrected chi connectivity index (χ4v) is 1.87. The summed E-state index contributed by atoms with van der Waals surface area (Å²) in [5, 5.41) is 0. The van der Waals surface area contributed by atoms with E-state index in [1.807, 2.05) is 24.3 Å². The Morgan fingerprint density at radius 1 is 1.18 bits per heavy atom. The molecule has 2 aromatic rings. The monoisotopic (exact) mass is 230 g/mol. The number of nitrogens with two attached hydrogens (primary N) is 1. The molecule has 0 aliphatic carbocycles. The minimum Gasteiger partial charge on any atom is -0.330 e. The van der Waals surface area contributed by atoms with Crippen molar-refractivity contribution < 1.29 is 4.39 Å². The van der Waals surface area contributed by atoms with Crippen LogP contribution in [0.5, 0.6) is 0 Å². The summed E-state index contributed by atoms with van der Waals surface area (Å²) in [5.41, 5.74) is 7.66. The Kier molecular flexibility index (Phi) is 3.83. The molecule has 1 unspecified atom stereocenters. The van der Waals surface area contributed by atoms with Crippen molar-refractivity contribution in [2.24, 2.45) is 5.73 Å². The summed E-state index contributed by atoms with van der Waals surface area (Å²) in [4.78, 5) is 4.27. The van der Waals surface area contributed by atoms with E-state index >= 15 is 0 Å². The summed E-state index contributed by atoms with van der Waals surface area (Å²) < 4.78 is 13.1. The first-order valence-electron chi connectivity index (χ1n) is 5.65. The maximum absolute atomic E-state index is 13.1. The molecular weight excluding hydrogens is 215 g/mol. The first kappa shape index (κ1) is 11.7. The third-order valence-electron chi connectivity index (χ3n) is 2.79. The molecule has 0 amide bonds. The quantitative estimate of drug-likeness (QED) is 0.876. The largest absolute Gasteiger partial charge is 0.330 e. The predicted octanol–water partition coefficient (Wildman–Crippen LogP) is 2.51. The number of pyridine rings is 1. The molecular formula is C14H15FN2. The molecule has 88 valence electrons. The smallest absolute Gasteiger partial charge is 0.123 e. The van der Waals surface area contributed by atoms with Crippen LogP contribution in [-0.4, -0.2) is 11.5 Å². The highest BCUT2D eigenvalue weighted by Gasteiger charge is 2.11. The first-order valence-corrected chi connectivity index (χ1v) is 5.65. The van der Waals surface area contributed by atoms with Gasteiger partial charge in [-0.1, -0.05) is 18.2 Å². The number of hydrogen-bond acceptors (Lipinski definition) is 2. The summed E-state index contributed by atoms with van der Waals surface area (Å²) in [6.07, 6.45) is 2.50. The molecule has 17 heavy (non-hydrogen) atoms. The van der Waals surface area contributed by atoms with Gasteiger partial charge in [-0.05, 0) is 42.8 Å². The molecule has 0 bridgehead atoms. The third-order valence-corrected chi connectivity index (χ3v) is 2.79. The van der Waals surface area contributed by atoms with Gasteiger partial charge in [0.25, 0.3) is 0 Å². The molecule has 1 aromatic heterocycles. The van der Waals surface area contributed by atoms with E-state index in [2.05, 4.69) is 4.98 Å². The van der Waals surface area contributed by atoms with Crippen molar-refractivity contribution in [3.63, 3.8) is 0 Å². The Balaban J connectivity index is 2.17. The summed E-state index contributed by atoms with van der Waals surface area (Å²) in [6, 6.07) is 12.4. The van der Waals surface area contributed by atoms with Crippen molar-refractivity contribution in [2.75, 3.05) is 6.54 Å². The minimum absolute atomic E-state index is 0.112. The number of nitrogens with zero attached hydrogens (tertiary/aromatic N) is 1. The second kappa shape index (κ2) is 5.55. The zero-order chi connectivity index (χ0) is 12.1. The zero-order valence-corrected chi connectivity index (χ0v) is 9.51. The van der Waals surface area contributed by atoms with Crippen molar-refractivity contribution in [1.82, 2.24) is 4.98 Å². The van der Waals surface area contributed by atoms with E-state index in [9.17, 15) is 4.39 Å². The lowest BCUT2D eigenvalue weighted by Gasteiger charge is -2.14. The van der Waals surface area contributed by atoms with Gasteiger partial charge in [-0.25, -0.2) is 4.39 Å². The van der Waals surface area contributed by atoms with Crippen LogP contribution < -0.4 is 5.73 Å². The van der Waals surface area contributed by atoms with E-state index in [4.69, 9.17) is 5.73 Å². The van der Waals surface area contributed by atoms with E-state index in [-0.39, 0.29) is 11.7 Å². The van der Waals surface area contributed by atoms with Gasteiger partial charge >= 0.3 is 0 Å². The molecule has 0 spiro atoms. The highest BCUT2D eigenvalue weighted by molar-refractivity contribution is 5.23. The number of aromatic nitrogens is 1. The van der Waals surface area contributed by atoms with E-state index in [1.54, 1.807) is 18.3 Å². The van der Waals surface area contributed by atoms with Crippen LogP contribution in [0.15, 0.2) is 48.7 Å². The summed E-state index contributed by atoms with van der Waals surface area (Å²) in [6.45, 7) is 0.486. The molecule has 3 heteroatoms. The van der Waals surface area contributed by atoms with Gasteiger partial charge in [0.1, 0.15) is 5.82 Å². The molecule has 2 N–H and O–H groups in total. The molecule has 0 aliphatic rings. The standard InChI is InChI=1S/C14H15FN2/c15-13-5-3-4-11(8-13)12(10-16)9-14-6-1-2-7-17-14/h1-8,12H,9-10,16H2. The lowest BCUT2D eigenvalue weighted by Crippen LogP contribution is -2.15. The Morgan fingerprint density at radius 3 is 2.71 bits per heavy atom. The van der Waals surface area contributed by atoms with Crippen LogP contribution in [-0.2, 0) is 6.42 Å². The van der Waals surface area contributed by atoms with Gasteiger partial charge in [0.15, 0.2) is 0 Å². The zero-order valence-electron chi connectivity index (χ0n) is 9.51. The SMILES string of the molecule is NCC(Cc1ccccn1)c1cccc(F)c1. The lowest BCUT2D eigenvalue weighted by molar-refractivity contribution is 0.615. The van der Waals surface area contributed by atoms with Gasteiger partial charge in [-0.3, -0.25) is 4.98 Å². The Morgan fingerprint density at radius 2 is 2.06 bits per heavy atom. The maximum Gasteiger partial charge on any atom is 0.123 e. The first-order chi connectivity index (χ1) is 8.29. The van der Waals surface area contributed by atoms with E-state index in [0.29, 0.717) is 6.54 Å². The average Bonchev–Trinajstić information content (AvgIpc) is 2.37. The van der Waals surface area contributed by atoms with Gasteiger partial charge < -0.3 is 5.73 Å². The van der Waals surface area contributed by atoms with Gasteiger partial charge in [-0.15, -0.1) is 0 Å². The number of hydrogen-bond donors (Lipinski definition) is 1. The topological polar surface area (TPSA) is 38.9 Å². The van der Waals surface area contributed by atoms with Crippen LogP contribution in [0.25, 0.3) is 0 Å². The second-order valence-electron chi connectivity index (χ2n) is 4.01. The lowest BCUT2D eigenvalue weighted by atomic mass is 9.94. The van der Waals surface area contributed by atoms with Crippen molar-refractivity contribution >= 4 is 0 Å². The molecule has 2 nitrogen and oxygen atoms in total. The second-order valence-corrected chi connectivity index (χ2v) is 4.01. The average molecular weight is 230 g/mol. The van der Waals surface area contributed by atoms with E-state index in [1.165, 1.54) is 6.07 Å². The number of halogens is 1. The highest BCUT2D eigenvalue weighted by atomic mass is 19.1. The molecule has 0 saturated heterocycles. The van der Waals surface area contributed by atoms with Crippen LogP contribution in [0.4, 0.5) is 4.39 Å². The molecule has 0 saturated carbocycles. The van der Waals surface area contributed by atoms with Crippen molar-refractivity contribution in [3.05, 3.63) is 65.7 Å². The molecule has 1 heterocycles.